The normalized spacial score (nSPS) is 19.7. The van der Waals surface area contributed by atoms with Crippen LogP contribution < -0.4 is 5.73 Å². The molecule has 1 aromatic heterocycles. The molecule has 0 aromatic carbocycles. The summed E-state index contributed by atoms with van der Waals surface area (Å²) in [5.74, 6) is 0.682. The number of rotatable bonds is 6. The molecule has 0 saturated heterocycles. The van der Waals surface area contributed by atoms with Crippen molar-refractivity contribution in [3.05, 3.63) is 18.0 Å². The van der Waals surface area contributed by atoms with Crippen LogP contribution in [0, 0.1) is 5.92 Å². The lowest BCUT2D eigenvalue weighted by Crippen LogP contribution is -2.39. The Morgan fingerprint density at radius 3 is 2.88 bits per heavy atom. The van der Waals surface area contributed by atoms with Gasteiger partial charge in [-0.15, -0.1) is 0 Å². The van der Waals surface area contributed by atoms with Gasteiger partial charge in [0.2, 0.25) is 0 Å². The molecule has 4 nitrogen and oxygen atoms in total. The van der Waals surface area contributed by atoms with Crippen molar-refractivity contribution < 1.29 is 4.74 Å². The maximum Gasteiger partial charge on any atom is 0.0753 e. The largest absolute Gasteiger partial charge is 0.380 e. The smallest absolute Gasteiger partial charge is 0.0753 e. The molecule has 1 aromatic rings. The van der Waals surface area contributed by atoms with Crippen LogP contribution in [0.4, 0.5) is 0 Å². The average molecular weight is 223 g/mol. The van der Waals surface area contributed by atoms with Crippen LogP contribution in [0.1, 0.15) is 25.3 Å². The van der Waals surface area contributed by atoms with Gasteiger partial charge in [0.15, 0.2) is 0 Å². The maximum atomic E-state index is 6.19. The number of methoxy groups -OCH3 is 1. The second-order valence-electron chi connectivity index (χ2n) is 4.61. The molecule has 2 N–H and O–H groups in total. The summed E-state index contributed by atoms with van der Waals surface area (Å²) in [7, 11) is 1.76. The lowest BCUT2D eigenvalue weighted by Gasteiger charge is -2.21. The third-order valence-electron chi connectivity index (χ3n) is 3.26. The number of aromatic nitrogens is 2. The second kappa shape index (κ2) is 4.97. The van der Waals surface area contributed by atoms with E-state index in [2.05, 4.69) is 18.2 Å². The highest BCUT2D eigenvalue weighted by atomic mass is 16.5. The number of aryl methyl sites for hydroxylation is 1. The molecule has 0 spiro atoms. The highest BCUT2D eigenvalue weighted by molar-refractivity contribution is 5.07. The van der Waals surface area contributed by atoms with Crippen molar-refractivity contribution in [1.29, 1.82) is 0 Å². The minimum Gasteiger partial charge on any atom is -0.380 e. The van der Waals surface area contributed by atoms with Crippen LogP contribution in [0.2, 0.25) is 0 Å². The fourth-order valence-electron chi connectivity index (χ4n) is 2.21. The molecule has 1 saturated carbocycles. The molecule has 4 heteroatoms. The molecule has 0 bridgehead atoms. The van der Waals surface area contributed by atoms with Gasteiger partial charge in [-0.25, -0.2) is 0 Å². The Labute approximate surface area is 96.8 Å². The fourth-order valence-corrected chi connectivity index (χ4v) is 2.21. The molecule has 1 aliphatic rings. The Kier molecular flexibility index (Phi) is 3.61. The predicted molar refractivity (Wildman–Crippen MR) is 63.1 cm³/mol. The minimum atomic E-state index is 0.0898. The van der Waals surface area contributed by atoms with E-state index in [9.17, 15) is 0 Å². The Morgan fingerprint density at radius 2 is 2.38 bits per heavy atom. The van der Waals surface area contributed by atoms with Gasteiger partial charge in [-0.1, -0.05) is 0 Å². The molecule has 1 aliphatic carbocycles. The topological polar surface area (TPSA) is 53.1 Å². The first kappa shape index (κ1) is 11.6. The van der Waals surface area contributed by atoms with E-state index < -0.39 is 0 Å². The number of nitrogens with two attached hydrogens (primary N) is 1. The summed E-state index contributed by atoms with van der Waals surface area (Å²) in [5.41, 5.74) is 7.40. The summed E-state index contributed by atoms with van der Waals surface area (Å²) in [6.07, 6.45) is 7.57. The molecular formula is C12H21N3O. The van der Waals surface area contributed by atoms with E-state index in [1.54, 1.807) is 7.11 Å². The number of hydrogen-bond donors (Lipinski definition) is 1. The summed E-state index contributed by atoms with van der Waals surface area (Å²) in [4.78, 5) is 0. The lowest BCUT2D eigenvalue weighted by molar-refractivity contribution is 0.0627. The monoisotopic (exact) mass is 223 g/mol. The van der Waals surface area contributed by atoms with Crippen LogP contribution in [0.5, 0.6) is 0 Å². The van der Waals surface area contributed by atoms with Crippen molar-refractivity contribution in [1.82, 2.24) is 9.78 Å². The zero-order valence-electron chi connectivity index (χ0n) is 10.1. The quantitative estimate of drug-likeness (QED) is 0.788. The third-order valence-corrected chi connectivity index (χ3v) is 3.26. The lowest BCUT2D eigenvalue weighted by atomic mass is 10.0. The van der Waals surface area contributed by atoms with E-state index in [0.717, 1.165) is 13.0 Å². The van der Waals surface area contributed by atoms with Crippen molar-refractivity contribution in [3.63, 3.8) is 0 Å². The molecular weight excluding hydrogens is 202 g/mol. The summed E-state index contributed by atoms with van der Waals surface area (Å²) in [5, 5.41) is 4.25. The van der Waals surface area contributed by atoms with Crippen molar-refractivity contribution >= 4 is 0 Å². The molecule has 1 heterocycles. The van der Waals surface area contributed by atoms with Crippen LogP contribution in [-0.2, 0) is 17.7 Å². The van der Waals surface area contributed by atoms with Crippen molar-refractivity contribution in [2.45, 2.75) is 44.9 Å². The summed E-state index contributed by atoms with van der Waals surface area (Å²) in [6, 6.07) is 0.0898. The molecule has 0 amide bonds. The van der Waals surface area contributed by atoms with Gasteiger partial charge >= 0.3 is 0 Å². The van der Waals surface area contributed by atoms with Gasteiger partial charge in [0.05, 0.1) is 12.3 Å². The van der Waals surface area contributed by atoms with Gasteiger partial charge in [-0.05, 0) is 37.7 Å². The molecule has 90 valence electrons. The van der Waals surface area contributed by atoms with E-state index in [0.29, 0.717) is 5.92 Å². The molecule has 16 heavy (non-hydrogen) atoms. The highest BCUT2D eigenvalue weighted by Gasteiger charge is 2.35. The molecule has 2 unspecified atom stereocenters. The van der Waals surface area contributed by atoms with E-state index in [1.807, 2.05) is 10.9 Å². The number of nitrogens with zero attached hydrogens (tertiary/aromatic N) is 2. The van der Waals surface area contributed by atoms with E-state index in [-0.39, 0.29) is 12.1 Å². The Balaban J connectivity index is 1.92. The average Bonchev–Trinajstić information content (AvgIpc) is 2.99. The van der Waals surface area contributed by atoms with E-state index >= 15 is 0 Å². The molecule has 1 fully saturated rings. The van der Waals surface area contributed by atoms with Crippen LogP contribution in [-0.4, -0.2) is 29.0 Å². The van der Waals surface area contributed by atoms with Gasteiger partial charge in [-0.2, -0.15) is 5.10 Å². The minimum absolute atomic E-state index is 0.0898. The van der Waals surface area contributed by atoms with Gasteiger partial charge in [0, 0.05) is 25.9 Å². The van der Waals surface area contributed by atoms with Crippen molar-refractivity contribution in [2.24, 2.45) is 11.7 Å². The van der Waals surface area contributed by atoms with Crippen LogP contribution in [0.15, 0.2) is 12.4 Å². The van der Waals surface area contributed by atoms with Crippen LogP contribution in [0.25, 0.3) is 0 Å². The molecule has 0 radical (unpaired) electrons. The zero-order chi connectivity index (χ0) is 11.5. The fraction of sp³-hybridized carbons (Fsp3) is 0.750. The van der Waals surface area contributed by atoms with Gasteiger partial charge in [0.25, 0.3) is 0 Å². The number of ether oxygens (including phenoxy) is 1. The van der Waals surface area contributed by atoms with Gasteiger partial charge < -0.3 is 10.5 Å². The molecule has 0 aliphatic heterocycles. The first-order chi connectivity index (χ1) is 7.74. The number of hydrogen-bond acceptors (Lipinski definition) is 3. The van der Waals surface area contributed by atoms with E-state index in [1.165, 1.54) is 18.4 Å². The third kappa shape index (κ3) is 2.62. The van der Waals surface area contributed by atoms with Crippen LogP contribution in [0.3, 0.4) is 0 Å². The molecule has 2 rings (SSSR count). The SMILES string of the molecule is CCn1cc(CC(N)C(OC)C2CC2)cn1. The Bertz CT molecular complexity index is 333. The van der Waals surface area contributed by atoms with Crippen molar-refractivity contribution in [2.75, 3.05) is 7.11 Å². The first-order valence-electron chi connectivity index (χ1n) is 6.04. The second-order valence-corrected chi connectivity index (χ2v) is 4.61. The highest BCUT2D eigenvalue weighted by Crippen LogP contribution is 2.35. The first-order valence-corrected chi connectivity index (χ1v) is 6.04. The molecule has 2 atom stereocenters. The van der Waals surface area contributed by atoms with E-state index in [4.69, 9.17) is 10.5 Å². The van der Waals surface area contributed by atoms with Crippen molar-refractivity contribution in [3.8, 4) is 0 Å². The Hall–Kier alpha value is -0.870. The summed E-state index contributed by atoms with van der Waals surface area (Å²) < 4.78 is 7.42. The summed E-state index contributed by atoms with van der Waals surface area (Å²) >= 11 is 0. The standard InChI is InChI=1S/C12H21N3O/c1-3-15-8-9(7-14-15)6-11(13)12(16-2)10-4-5-10/h7-8,10-12H,3-6,13H2,1-2H3. The zero-order valence-corrected chi connectivity index (χ0v) is 10.1. The predicted octanol–water partition coefficient (Wildman–Crippen LogP) is 1.20. The van der Waals surface area contributed by atoms with Gasteiger partial charge in [-0.3, -0.25) is 4.68 Å². The Morgan fingerprint density at radius 1 is 1.62 bits per heavy atom. The maximum absolute atomic E-state index is 6.19. The summed E-state index contributed by atoms with van der Waals surface area (Å²) in [6.45, 7) is 2.99. The van der Waals surface area contributed by atoms with Gasteiger partial charge in [0.1, 0.15) is 0 Å². The van der Waals surface area contributed by atoms with Crippen LogP contribution >= 0.6 is 0 Å².